The number of piperazine rings is 1. The second-order valence-electron chi connectivity index (χ2n) is 9.99. The first-order chi connectivity index (χ1) is 19.7. The molecule has 2 aromatic rings. The van der Waals surface area contributed by atoms with Gasteiger partial charge in [0.1, 0.15) is 17.6 Å². The molecule has 42 heavy (non-hydrogen) atoms. The van der Waals surface area contributed by atoms with E-state index in [2.05, 4.69) is 15.3 Å². The molecule has 0 saturated carbocycles. The predicted molar refractivity (Wildman–Crippen MR) is 155 cm³/mol. The van der Waals surface area contributed by atoms with Crippen molar-refractivity contribution in [3.05, 3.63) is 42.1 Å². The maximum Gasteiger partial charge on any atom is 0.409 e. The van der Waals surface area contributed by atoms with Gasteiger partial charge in [-0.05, 0) is 26.2 Å². The summed E-state index contributed by atoms with van der Waals surface area (Å²) in [7, 11) is 0. The number of carbonyl (C=O) groups excluding carboxylic acids is 3. The Balaban J connectivity index is 0.00000484. The standard InChI is InChI=1S/C28H36N6O7.ClH/c1-2-41-28(40)34-16-14-33(15-17-34)27(39)21(8-9-24(36)37)30-26(38)22-18-23(32-12-10-20(35)11-13-32)31-25(29-22)19-6-4-3-5-7-19;/h3-7,18,20-21,35H,2,8-17H2,1H3,(H,30,38)(H,36,37);1H/t21-;/m0./s1. The quantitative estimate of drug-likeness (QED) is 0.384. The number of benzene rings is 1. The average molecular weight is 605 g/mol. The van der Waals surface area contributed by atoms with Gasteiger partial charge in [0.05, 0.1) is 12.7 Å². The zero-order valence-electron chi connectivity index (χ0n) is 23.5. The highest BCUT2D eigenvalue weighted by Crippen LogP contribution is 2.23. The summed E-state index contributed by atoms with van der Waals surface area (Å²) in [5, 5.41) is 21.9. The van der Waals surface area contributed by atoms with Crippen LogP contribution in [0.5, 0.6) is 0 Å². The molecule has 0 unspecified atom stereocenters. The molecular weight excluding hydrogens is 568 g/mol. The first kappa shape index (κ1) is 32.5. The van der Waals surface area contributed by atoms with Crippen LogP contribution in [0.15, 0.2) is 36.4 Å². The van der Waals surface area contributed by atoms with Gasteiger partial charge >= 0.3 is 12.1 Å². The summed E-state index contributed by atoms with van der Waals surface area (Å²) >= 11 is 0. The molecule has 0 spiro atoms. The van der Waals surface area contributed by atoms with E-state index in [1.165, 1.54) is 9.80 Å². The van der Waals surface area contributed by atoms with Gasteiger partial charge in [-0.15, -0.1) is 12.4 Å². The zero-order valence-corrected chi connectivity index (χ0v) is 24.3. The number of anilines is 1. The Morgan fingerprint density at radius 3 is 2.26 bits per heavy atom. The molecule has 14 heteroatoms. The molecule has 4 rings (SSSR count). The summed E-state index contributed by atoms with van der Waals surface area (Å²) in [4.78, 5) is 64.5. The third-order valence-electron chi connectivity index (χ3n) is 7.13. The van der Waals surface area contributed by atoms with E-state index in [1.54, 1.807) is 13.0 Å². The molecule has 13 nitrogen and oxygen atoms in total. The number of piperidine rings is 1. The molecule has 2 saturated heterocycles. The molecule has 2 aliphatic heterocycles. The van der Waals surface area contributed by atoms with Crippen LogP contribution < -0.4 is 10.2 Å². The fourth-order valence-electron chi connectivity index (χ4n) is 4.83. The Hall–Kier alpha value is -3.97. The molecule has 228 valence electrons. The van der Waals surface area contributed by atoms with Crippen LogP contribution in [-0.2, 0) is 14.3 Å². The van der Waals surface area contributed by atoms with Crippen molar-refractivity contribution >= 4 is 42.1 Å². The van der Waals surface area contributed by atoms with E-state index in [4.69, 9.17) is 4.74 Å². The Kier molecular flexibility index (Phi) is 11.9. The number of nitrogens with one attached hydrogen (secondary N) is 1. The van der Waals surface area contributed by atoms with Gasteiger partial charge in [0.25, 0.3) is 5.91 Å². The fourth-order valence-corrected chi connectivity index (χ4v) is 4.83. The Morgan fingerprint density at radius 1 is 1.00 bits per heavy atom. The van der Waals surface area contributed by atoms with Crippen molar-refractivity contribution in [3.8, 4) is 11.4 Å². The second-order valence-corrected chi connectivity index (χ2v) is 9.99. The summed E-state index contributed by atoms with van der Waals surface area (Å²) in [6, 6.07) is 9.65. The topological polar surface area (TPSA) is 166 Å². The lowest BCUT2D eigenvalue weighted by Crippen LogP contribution is -2.56. The maximum atomic E-state index is 13.5. The fraction of sp³-hybridized carbons (Fsp3) is 0.500. The number of amides is 3. The number of rotatable bonds is 9. The van der Waals surface area contributed by atoms with E-state index in [0.717, 1.165) is 0 Å². The van der Waals surface area contributed by atoms with Crippen molar-refractivity contribution in [2.45, 2.75) is 44.8 Å². The molecule has 2 aliphatic rings. The molecule has 2 fully saturated rings. The maximum absolute atomic E-state index is 13.5. The first-order valence-electron chi connectivity index (χ1n) is 13.9. The van der Waals surface area contributed by atoms with Gasteiger partial charge in [0, 0.05) is 57.3 Å². The number of ether oxygens (including phenoxy) is 1. The Morgan fingerprint density at radius 2 is 1.64 bits per heavy atom. The second kappa shape index (κ2) is 15.3. The molecule has 3 N–H and O–H groups in total. The van der Waals surface area contributed by atoms with Crippen LogP contribution in [0.4, 0.5) is 10.6 Å². The molecular formula is C28H37ClN6O7. The first-order valence-corrected chi connectivity index (χ1v) is 13.9. The zero-order chi connectivity index (χ0) is 29.4. The summed E-state index contributed by atoms with van der Waals surface area (Å²) in [5.41, 5.74) is 0.749. The number of carboxylic acids is 1. The third-order valence-corrected chi connectivity index (χ3v) is 7.13. The lowest BCUT2D eigenvalue weighted by Gasteiger charge is -2.36. The van der Waals surface area contributed by atoms with E-state index in [9.17, 15) is 29.4 Å². The monoisotopic (exact) mass is 604 g/mol. The van der Waals surface area contributed by atoms with Crippen LogP contribution in [0.25, 0.3) is 11.4 Å². The van der Waals surface area contributed by atoms with Crippen LogP contribution in [0.3, 0.4) is 0 Å². The van der Waals surface area contributed by atoms with E-state index in [1.807, 2.05) is 35.2 Å². The minimum Gasteiger partial charge on any atom is -0.481 e. The summed E-state index contributed by atoms with van der Waals surface area (Å²) in [5.74, 6) is -1.28. The highest BCUT2D eigenvalue weighted by molar-refractivity contribution is 5.97. The highest BCUT2D eigenvalue weighted by atomic mass is 35.5. The predicted octanol–water partition coefficient (Wildman–Crippen LogP) is 1.79. The number of aliphatic carboxylic acids is 1. The summed E-state index contributed by atoms with van der Waals surface area (Å²) < 4.78 is 5.02. The molecule has 1 atom stereocenters. The molecule has 0 bridgehead atoms. The van der Waals surface area contributed by atoms with E-state index < -0.39 is 29.9 Å². The van der Waals surface area contributed by atoms with Gasteiger partial charge in [-0.3, -0.25) is 14.4 Å². The van der Waals surface area contributed by atoms with Crippen LogP contribution in [0.1, 0.15) is 43.1 Å². The molecule has 1 aromatic heterocycles. The average Bonchev–Trinajstić information content (AvgIpc) is 2.99. The van der Waals surface area contributed by atoms with Gasteiger partial charge in [-0.1, -0.05) is 30.3 Å². The van der Waals surface area contributed by atoms with Gasteiger partial charge in [-0.25, -0.2) is 14.8 Å². The van der Waals surface area contributed by atoms with Crippen molar-refractivity contribution in [2.75, 3.05) is 50.8 Å². The smallest absolute Gasteiger partial charge is 0.409 e. The Labute approximate surface area is 250 Å². The largest absolute Gasteiger partial charge is 0.481 e. The number of aromatic nitrogens is 2. The minimum absolute atomic E-state index is 0. The number of hydrogen-bond donors (Lipinski definition) is 3. The molecule has 1 aromatic carbocycles. The number of halogens is 1. The van der Waals surface area contributed by atoms with Crippen LogP contribution >= 0.6 is 12.4 Å². The number of aliphatic hydroxyl groups excluding tert-OH is 1. The van der Waals surface area contributed by atoms with Gasteiger partial charge in [0.15, 0.2) is 5.82 Å². The lowest BCUT2D eigenvalue weighted by molar-refractivity contribution is -0.138. The van der Waals surface area contributed by atoms with Crippen LogP contribution in [0.2, 0.25) is 0 Å². The number of carbonyl (C=O) groups is 4. The third kappa shape index (κ3) is 8.52. The minimum atomic E-state index is -1.10. The van der Waals surface area contributed by atoms with Crippen molar-refractivity contribution in [1.82, 2.24) is 25.1 Å². The number of hydrogen-bond acceptors (Lipinski definition) is 9. The van der Waals surface area contributed by atoms with E-state index >= 15 is 0 Å². The SMILES string of the molecule is CCOC(=O)N1CCN(C(=O)[C@H](CCC(=O)O)NC(=O)c2cc(N3CCC(O)CC3)nc(-c3ccccc3)n2)CC1.Cl. The van der Waals surface area contributed by atoms with Crippen molar-refractivity contribution in [2.24, 2.45) is 0 Å². The molecule has 3 heterocycles. The van der Waals surface area contributed by atoms with E-state index in [0.29, 0.717) is 43.1 Å². The van der Waals surface area contributed by atoms with Gasteiger partial charge < -0.3 is 35.0 Å². The van der Waals surface area contributed by atoms with Crippen molar-refractivity contribution in [1.29, 1.82) is 0 Å². The molecule has 3 amide bonds. The number of aliphatic hydroxyl groups is 1. The van der Waals surface area contributed by atoms with Gasteiger partial charge in [-0.2, -0.15) is 0 Å². The van der Waals surface area contributed by atoms with Crippen LogP contribution in [0, 0.1) is 0 Å². The summed E-state index contributed by atoms with van der Waals surface area (Å²) in [6.07, 6.45) is -0.120. The highest BCUT2D eigenvalue weighted by Gasteiger charge is 2.31. The summed E-state index contributed by atoms with van der Waals surface area (Å²) in [6.45, 7) is 4.08. The number of carboxylic acid groups (broad SMARTS) is 1. The Bertz CT molecular complexity index is 1230. The molecule has 0 aliphatic carbocycles. The molecule has 0 radical (unpaired) electrons. The van der Waals surface area contributed by atoms with Gasteiger partial charge in [0.2, 0.25) is 5.91 Å². The van der Waals surface area contributed by atoms with E-state index in [-0.39, 0.29) is 69.8 Å². The lowest BCUT2D eigenvalue weighted by atomic mass is 10.1. The number of nitrogens with zero attached hydrogens (tertiary/aromatic N) is 5. The normalized spacial score (nSPS) is 16.3. The van der Waals surface area contributed by atoms with Crippen molar-refractivity contribution < 1.29 is 34.1 Å². The van der Waals surface area contributed by atoms with Crippen LogP contribution in [-0.4, -0.2) is 112 Å². The van der Waals surface area contributed by atoms with Crippen molar-refractivity contribution in [3.63, 3.8) is 0 Å².